The lowest BCUT2D eigenvalue weighted by Crippen LogP contribution is -2.35. The zero-order valence-electron chi connectivity index (χ0n) is 10.3. The monoisotopic (exact) mass is 253 g/mol. The number of thioether (sulfide) groups is 1. The molecule has 0 aliphatic heterocycles. The van der Waals surface area contributed by atoms with Crippen LogP contribution in [0.15, 0.2) is 29.2 Å². The van der Waals surface area contributed by atoms with Crippen LogP contribution in [0.4, 0.5) is 0 Å². The molecule has 1 aromatic carbocycles. The van der Waals surface area contributed by atoms with E-state index >= 15 is 0 Å². The summed E-state index contributed by atoms with van der Waals surface area (Å²) in [4.78, 5) is 13.0. The third kappa shape index (κ3) is 4.06. The van der Waals surface area contributed by atoms with Crippen LogP contribution in [-0.4, -0.2) is 29.9 Å². The number of carbonyl (C=O) groups is 1. The summed E-state index contributed by atoms with van der Waals surface area (Å²) in [5.74, 6) is -0.0600. The highest BCUT2D eigenvalue weighted by Gasteiger charge is 2.14. The number of rotatable bonds is 6. The first-order valence-corrected chi connectivity index (χ1v) is 7.00. The van der Waals surface area contributed by atoms with Gasteiger partial charge in [0.05, 0.1) is 5.56 Å². The minimum absolute atomic E-state index is 0.0439. The quantitative estimate of drug-likeness (QED) is 0.765. The van der Waals surface area contributed by atoms with Gasteiger partial charge in [0.1, 0.15) is 0 Å². The number of hydrogen-bond donors (Lipinski definition) is 2. The summed E-state index contributed by atoms with van der Waals surface area (Å²) >= 11 is 1.56. The number of aliphatic hydroxyl groups is 1. The minimum atomic E-state index is -0.0600. The average Bonchev–Trinajstić information content (AvgIpc) is 2.38. The third-order valence-electron chi connectivity index (χ3n) is 2.66. The van der Waals surface area contributed by atoms with Crippen LogP contribution in [0.3, 0.4) is 0 Å². The van der Waals surface area contributed by atoms with Crippen molar-refractivity contribution in [2.45, 2.75) is 30.7 Å². The Kier molecular flexibility index (Phi) is 6.08. The highest BCUT2D eigenvalue weighted by Crippen LogP contribution is 2.19. The molecule has 1 unspecified atom stereocenters. The van der Waals surface area contributed by atoms with E-state index < -0.39 is 0 Å². The molecule has 0 bridgehead atoms. The molecule has 4 heteroatoms. The van der Waals surface area contributed by atoms with Gasteiger partial charge in [-0.25, -0.2) is 0 Å². The van der Waals surface area contributed by atoms with E-state index in [2.05, 4.69) is 5.32 Å². The van der Waals surface area contributed by atoms with Crippen LogP contribution >= 0.6 is 11.8 Å². The molecule has 0 saturated carbocycles. The number of nitrogens with one attached hydrogen (secondary N) is 1. The van der Waals surface area contributed by atoms with Crippen molar-refractivity contribution in [3.05, 3.63) is 29.8 Å². The molecule has 1 rings (SSSR count). The van der Waals surface area contributed by atoms with E-state index in [0.29, 0.717) is 12.0 Å². The third-order valence-corrected chi connectivity index (χ3v) is 3.45. The SMILES string of the molecule is CCC(CCO)NC(=O)c1ccccc1SC. The van der Waals surface area contributed by atoms with Crippen LogP contribution in [-0.2, 0) is 0 Å². The molecule has 94 valence electrons. The van der Waals surface area contributed by atoms with Gasteiger partial charge in [-0.15, -0.1) is 11.8 Å². The van der Waals surface area contributed by atoms with E-state index in [9.17, 15) is 4.79 Å². The molecule has 0 heterocycles. The van der Waals surface area contributed by atoms with Crippen LogP contribution in [0.1, 0.15) is 30.1 Å². The topological polar surface area (TPSA) is 49.3 Å². The lowest BCUT2D eigenvalue weighted by Gasteiger charge is -2.16. The second kappa shape index (κ2) is 7.35. The van der Waals surface area contributed by atoms with Crippen LogP contribution in [0, 0.1) is 0 Å². The standard InChI is InChI=1S/C13H19NO2S/c1-3-10(8-9-15)14-13(16)11-6-4-5-7-12(11)17-2/h4-7,10,15H,3,8-9H2,1-2H3,(H,14,16). The average molecular weight is 253 g/mol. The van der Waals surface area contributed by atoms with Gasteiger partial charge in [-0.1, -0.05) is 19.1 Å². The predicted octanol–water partition coefficient (Wildman–Crippen LogP) is 2.30. The number of benzene rings is 1. The van der Waals surface area contributed by atoms with E-state index in [1.807, 2.05) is 37.4 Å². The first kappa shape index (κ1) is 14.1. The second-order valence-electron chi connectivity index (χ2n) is 3.79. The van der Waals surface area contributed by atoms with Gasteiger partial charge >= 0.3 is 0 Å². The summed E-state index contributed by atoms with van der Waals surface area (Å²) in [6.07, 6.45) is 3.38. The molecule has 0 radical (unpaired) electrons. The van der Waals surface area contributed by atoms with Crippen LogP contribution in [0.25, 0.3) is 0 Å². The zero-order valence-corrected chi connectivity index (χ0v) is 11.1. The second-order valence-corrected chi connectivity index (χ2v) is 4.64. The molecule has 0 aliphatic carbocycles. The number of aliphatic hydroxyl groups excluding tert-OH is 1. The fourth-order valence-electron chi connectivity index (χ4n) is 1.63. The summed E-state index contributed by atoms with van der Waals surface area (Å²) in [5, 5.41) is 11.8. The summed E-state index contributed by atoms with van der Waals surface area (Å²) in [5.41, 5.74) is 0.705. The molecule has 1 atom stereocenters. The maximum atomic E-state index is 12.1. The van der Waals surface area contributed by atoms with Gasteiger partial charge in [0.25, 0.3) is 5.91 Å². The van der Waals surface area contributed by atoms with Gasteiger partial charge in [-0.2, -0.15) is 0 Å². The molecule has 0 saturated heterocycles. The Morgan fingerprint density at radius 1 is 1.47 bits per heavy atom. The molecular weight excluding hydrogens is 234 g/mol. The largest absolute Gasteiger partial charge is 0.396 e. The Morgan fingerprint density at radius 2 is 2.18 bits per heavy atom. The fourth-order valence-corrected chi connectivity index (χ4v) is 2.22. The lowest BCUT2D eigenvalue weighted by atomic mass is 10.1. The molecule has 0 spiro atoms. The van der Waals surface area contributed by atoms with Gasteiger partial charge in [0, 0.05) is 17.5 Å². The molecule has 2 N–H and O–H groups in total. The molecule has 0 fully saturated rings. The smallest absolute Gasteiger partial charge is 0.252 e. The number of amides is 1. The van der Waals surface area contributed by atoms with E-state index in [1.165, 1.54) is 0 Å². The van der Waals surface area contributed by atoms with Crippen molar-refractivity contribution < 1.29 is 9.90 Å². The van der Waals surface area contributed by atoms with Crippen molar-refractivity contribution in [1.29, 1.82) is 0 Å². The Morgan fingerprint density at radius 3 is 2.76 bits per heavy atom. The maximum Gasteiger partial charge on any atom is 0.252 e. The molecule has 0 aromatic heterocycles. The van der Waals surface area contributed by atoms with Gasteiger partial charge in [-0.05, 0) is 31.2 Å². The predicted molar refractivity (Wildman–Crippen MR) is 71.5 cm³/mol. The van der Waals surface area contributed by atoms with E-state index in [1.54, 1.807) is 11.8 Å². The number of carbonyl (C=O) groups excluding carboxylic acids is 1. The fraction of sp³-hybridized carbons (Fsp3) is 0.462. The van der Waals surface area contributed by atoms with Gasteiger partial charge in [-0.3, -0.25) is 4.79 Å². The number of hydrogen-bond acceptors (Lipinski definition) is 3. The Labute approximate surface area is 107 Å². The first-order valence-electron chi connectivity index (χ1n) is 5.77. The molecule has 3 nitrogen and oxygen atoms in total. The van der Waals surface area contributed by atoms with Crippen LogP contribution in [0.2, 0.25) is 0 Å². The first-order chi connectivity index (χ1) is 8.22. The summed E-state index contributed by atoms with van der Waals surface area (Å²) in [6.45, 7) is 2.10. The van der Waals surface area contributed by atoms with Gasteiger partial charge in [0.15, 0.2) is 0 Å². The van der Waals surface area contributed by atoms with Crippen molar-refractivity contribution in [3.63, 3.8) is 0 Å². The van der Waals surface area contributed by atoms with E-state index in [-0.39, 0.29) is 18.6 Å². The maximum absolute atomic E-state index is 12.1. The van der Waals surface area contributed by atoms with Crippen molar-refractivity contribution in [2.24, 2.45) is 0 Å². The molecule has 0 aliphatic rings. The molecule has 17 heavy (non-hydrogen) atoms. The molecular formula is C13H19NO2S. The van der Waals surface area contributed by atoms with E-state index in [4.69, 9.17) is 5.11 Å². The van der Waals surface area contributed by atoms with Crippen molar-refractivity contribution >= 4 is 17.7 Å². The highest BCUT2D eigenvalue weighted by atomic mass is 32.2. The minimum Gasteiger partial charge on any atom is -0.396 e. The molecule has 1 aromatic rings. The summed E-state index contributed by atoms with van der Waals surface area (Å²) in [7, 11) is 0. The zero-order chi connectivity index (χ0) is 12.7. The summed E-state index contributed by atoms with van der Waals surface area (Å²) < 4.78 is 0. The Balaban J connectivity index is 2.75. The van der Waals surface area contributed by atoms with Crippen LogP contribution in [0.5, 0.6) is 0 Å². The molecule has 1 amide bonds. The normalized spacial score (nSPS) is 12.2. The van der Waals surface area contributed by atoms with Crippen LogP contribution < -0.4 is 5.32 Å². The Bertz CT molecular complexity index is 368. The van der Waals surface area contributed by atoms with Gasteiger partial charge in [0.2, 0.25) is 0 Å². The summed E-state index contributed by atoms with van der Waals surface area (Å²) in [6, 6.07) is 7.59. The Hall–Kier alpha value is -1.00. The van der Waals surface area contributed by atoms with Crippen molar-refractivity contribution in [1.82, 2.24) is 5.32 Å². The lowest BCUT2D eigenvalue weighted by molar-refractivity contribution is 0.0926. The highest BCUT2D eigenvalue weighted by molar-refractivity contribution is 7.98. The van der Waals surface area contributed by atoms with Crippen molar-refractivity contribution in [3.8, 4) is 0 Å². The van der Waals surface area contributed by atoms with Gasteiger partial charge < -0.3 is 10.4 Å². The van der Waals surface area contributed by atoms with Crippen molar-refractivity contribution in [2.75, 3.05) is 12.9 Å². The van der Waals surface area contributed by atoms with E-state index in [0.717, 1.165) is 11.3 Å².